The fourth-order valence-corrected chi connectivity index (χ4v) is 4.25. The monoisotopic (exact) mass is 446 g/mol. The van der Waals surface area contributed by atoms with Crippen molar-refractivity contribution in [3.63, 3.8) is 0 Å². The van der Waals surface area contributed by atoms with Crippen LogP contribution in [0.3, 0.4) is 0 Å². The van der Waals surface area contributed by atoms with Gasteiger partial charge >= 0.3 is 6.18 Å². The Kier molecular flexibility index (Phi) is 6.08. The zero-order valence-electron chi connectivity index (χ0n) is 17.8. The molecule has 0 unspecified atom stereocenters. The fraction of sp³-hybridized carbons (Fsp3) is 0.435. The predicted octanol–water partition coefficient (Wildman–Crippen LogP) is 3.31. The molecule has 2 aromatic rings. The van der Waals surface area contributed by atoms with Crippen LogP contribution in [0.1, 0.15) is 30.0 Å². The SMILES string of the molecule is C[C@@H]1CN(C(=O)CNc2ccc3c(c2)CCC(=O)C3)CCN1c1ccc(C(F)(F)F)cn1. The Balaban J connectivity index is 1.31. The highest BCUT2D eigenvalue weighted by atomic mass is 19.4. The Bertz CT molecular complexity index is 1010. The summed E-state index contributed by atoms with van der Waals surface area (Å²) >= 11 is 0. The number of aryl methyl sites for hydroxylation is 1. The maximum absolute atomic E-state index is 12.8. The van der Waals surface area contributed by atoms with Gasteiger partial charge in [-0.1, -0.05) is 6.07 Å². The molecule has 32 heavy (non-hydrogen) atoms. The predicted molar refractivity (Wildman–Crippen MR) is 115 cm³/mol. The van der Waals surface area contributed by atoms with Gasteiger partial charge in [0.1, 0.15) is 11.6 Å². The number of hydrogen-bond acceptors (Lipinski definition) is 5. The number of nitrogens with zero attached hydrogens (tertiary/aromatic N) is 3. The van der Waals surface area contributed by atoms with Gasteiger partial charge in [0.05, 0.1) is 12.1 Å². The Morgan fingerprint density at radius 2 is 1.97 bits per heavy atom. The van der Waals surface area contributed by atoms with Crippen LogP contribution in [-0.4, -0.2) is 53.8 Å². The standard InChI is InChI=1S/C23H25F3N4O2/c1-15-14-29(8-9-30(15)21-7-4-18(12-28-21)23(24,25)26)22(32)13-27-19-5-2-17-11-20(31)6-3-16(17)10-19/h2,4-5,7,10,12,15,27H,3,6,8-9,11,13-14H2,1H3/t15-/m1/s1. The molecule has 0 bridgehead atoms. The number of benzene rings is 1. The summed E-state index contributed by atoms with van der Waals surface area (Å²) < 4.78 is 38.3. The number of fused-ring (bicyclic) bond motifs is 1. The lowest BCUT2D eigenvalue weighted by Crippen LogP contribution is -2.55. The number of nitrogens with one attached hydrogen (secondary N) is 1. The lowest BCUT2D eigenvalue weighted by molar-refractivity contribution is -0.138. The van der Waals surface area contributed by atoms with Gasteiger partial charge in [0, 0.05) is 50.4 Å². The second-order valence-electron chi connectivity index (χ2n) is 8.34. The molecule has 0 saturated carbocycles. The number of alkyl halides is 3. The van der Waals surface area contributed by atoms with Crippen LogP contribution < -0.4 is 10.2 Å². The Morgan fingerprint density at radius 1 is 1.16 bits per heavy atom. The number of carbonyl (C=O) groups is 2. The van der Waals surface area contributed by atoms with Crippen LogP contribution in [0.4, 0.5) is 24.7 Å². The molecule has 1 aliphatic carbocycles. The van der Waals surface area contributed by atoms with Crippen molar-refractivity contribution in [3.05, 3.63) is 53.2 Å². The molecule has 9 heteroatoms. The summed E-state index contributed by atoms with van der Waals surface area (Å²) in [6.07, 6.45) is -1.80. The average molecular weight is 446 g/mol. The van der Waals surface area contributed by atoms with E-state index < -0.39 is 11.7 Å². The zero-order chi connectivity index (χ0) is 22.9. The van der Waals surface area contributed by atoms with Gasteiger partial charge in [-0.05, 0) is 48.7 Å². The number of carbonyl (C=O) groups excluding carboxylic acids is 2. The minimum absolute atomic E-state index is 0.0372. The quantitative estimate of drug-likeness (QED) is 0.781. The van der Waals surface area contributed by atoms with Crippen LogP contribution >= 0.6 is 0 Å². The number of pyridine rings is 1. The summed E-state index contributed by atoms with van der Waals surface area (Å²) in [7, 11) is 0. The molecule has 1 aromatic heterocycles. The van der Waals surface area contributed by atoms with Crippen molar-refractivity contribution >= 4 is 23.2 Å². The summed E-state index contributed by atoms with van der Waals surface area (Å²) in [6, 6.07) is 8.18. The van der Waals surface area contributed by atoms with Gasteiger partial charge in [0.2, 0.25) is 5.91 Å². The number of Topliss-reactive ketones (excluding diaryl/α,β-unsaturated/α-hetero) is 1. The van der Waals surface area contributed by atoms with Gasteiger partial charge in [-0.3, -0.25) is 9.59 Å². The van der Waals surface area contributed by atoms with E-state index >= 15 is 0 Å². The molecule has 1 aliphatic heterocycles. The van der Waals surface area contributed by atoms with Crippen LogP contribution in [0, 0.1) is 0 Å². The molecule has 1 fully saturated rings. The van der Waals surface area contributed by atoms with Crippen LogP contribution in [0.15, 0.2) is 36.5 Å². The number of amides is 1. The number of hydrogen-bond donors (Lipinski definition) is 1. The Labute approximate surface area is 184 Å². The van der Waals surface area contributed by atoms with Crippen molar-refractivity contribution in [2.75, 3.05) is 36.4 Å². The minimum atomic E-state index is -4.41. The molecular weight excluding hydrogens is 421 g/mol. The highest BCUT2D eigenvalue weighted by Gasteiger charge is 2.32. The Hall–Kier alpha value is -3.10. The van der Waals surface area contributed by atoms with Crippen LogP contribution in [-0.2, 0) is 28.6 Å². The maximum Gasteiger partial charge on any atom is 0.417 e. The van der Waals surface area contributed by atoms with Gasteiger partial charge < -0.3 is 15.1 Å². The number of aromatic nitrogens is 1. The third-order valence-electron chi connectivity index (χ3n) is 6.06. The number of ketones is 1. The summed E-state index contributed by atoms with van der Waals surface area (Å²) in [5.41, 5.74) is 2.28. The molecule has 0 radical (unpaired) electrons. The third kappa shape index (κ3) is 4.87. The normalized spacial score (nSPS) is 19.0. The molecule has 2 heterocycles. The Morgan fingerprint density at radius 3 is 2.66 bits per heavy atom. The van der Waals surface area contributed by atoms with E-state index in [-0.39, 0.29) is 24.3 Å². The topological polar surface area (TPSA) is 65.5 Å². The smallest absolute Gasteiger partial charge is 0.376 e. The molecule has 1 N–H and O–H groups in total. The third-order valence-corrected chi connectivity index (χ3v) is 6.06. The van der Waals surface area contributed by atoms with E-state index in [1.807, 2.05) is 30.0 Å². The molecule has 1 amide bonds. The molecule has 0 spiro atoms. The average Bonchev–Trinajstić information content (AvgIpc) is 2.77. The van der Waals surface area contributed by atoms with Crippen molar-refractivity contribution in [2.24, 2.45) is 0 Å². The molecule has 6 nitrogen and oxygen atoms in total. The summed E-state index contributed by atoms with van der Waals surface area (Å²) in [6.45, 7) is 3.52. The summed E-state index contributed by atoms with van der Waals surface area (Å²) in [5.74, 6) is 0.696. The number of anilines is 2. The molecule has 170 valence electrons. The zero-order valence-corrected chi connectivity index (χ0v) is 17.8. The minimum Gasteiger partial charge on any atom is -0.376 e. The molecule has 1 aromatic carbocycles. The summed E-state index contributed by atoms with van der Waals surface area (Å²) in [5, 5.41) is 3.17. The first-order valence-electron chi connectivity index (χ1n) is 10.7. The molecule has 2 aliphatic rings. The van der Waals surface area contributed by atoms with E-state index in [0.717, 1.165) is 35.5 Å². The lowest BCUT2D eigenvalue weighted by atomic mass is 9.90. The van der Waals surface area contributed by atoms with Crippen molar-refractivity contribution in [1.29, 1.82) is 0 Å². The van der Waals surface area contributed by atoms with Crippen LogP contribution in [0.2, 0.25) is 0 Å². The maximum atomic E-state index is 12.8. The van der Waals surface area contributed by atoms with Crippen molar-refractivity contribution in [2.45, 2.75) is 38.4 Å². The van der Waals surface area contributed by atoms with Crippen molar-refractivity contribution in [1.82, 2.24) is 9.88 Å². The molecular formula is C23H25F3N4O2. The lowest BCUT2D eigenvalue weighted by Gasteiger charge is -2.40. The fourth-order valence-electron chi connectivity index (χ4n) is 4.25. The largest absolute Gasteiger partial charge is 0.417 e. The molecule has 1 saturated heterocycles. The first-order valence-corrected chi connectivity index (χ1v) is 10.7. The molecule has 1 atom stereocenters. The van der Waals surface area contributed by atoms with Crippen molar-refractivity contribution in [3.8, 4) is 0 Å². The molecule has 4 rings (SSSR count). The summed E-state index contributed by atoms with van der Waals surface area (Å²) in [4.78, 5) is 31.9. The van der Waals surface area contributed by atoms with E-state index in [0.29, 0.717) is 38.3 Å². The first-order chi connectivity index (χ1) is 15.2. The highest BCUT2D eigenvalue weighted by molar-refractivity contribution is 5.84. The number of piperazine rings is 1. The van der Waals surface area contributed by atoms with Crippen LogP contribution in [0.25, 0.3) is 0 Å². The van der Waals surface area contributed by atoms with Gasteiger partial charge in [-0.2, -0.15) is 13.2 Å². The first kappa shape index (κ1) is 22.1. The second-order valence-corrected chi connectivity index (χ2v) is 8.34. The van der Waals surface area contributed by atoms with Gasteiger partial charge in [-0.25, -0.2) is 4.98 Å². The van der Waals surface area contributed by atoms with Crippen molar-refractivity contribution < 1.29 is 22.8 Å². The van der Waals surface area contributed by atoms with E-state index in [4.69, 9.17) is 0 Å². The van der Waals surface area contributed by atoms with Crippen LogP contribution in [0.5, 0.6) is 0 Å². The van der Waals surface area contributed by atoms with E-state index in [2.05, 4.69) is 10.3 Å². The van der Waals surface area contributed by atoms with E-state index in [9.17, 15) is 22.8 Å². The number of halogens is 3. The van der Waals surface area contributed by atoms with Gasteiger partial charge in [0.15, 0.2) is 0 Å². The second kappa shape index (κ2) is 8.80. The van der Waals surface area contributed by atoms with Gasteiger partial charge in [0.25, 0.3) is 0 Å². The van der Waals surface area contributed by atoms with E-state index in [1.54, 1.807) is 4.90 Å². The van der Waals surface area contributed by atoms with E-state index in [1.165, 1.54) is 6.07 Å². The number of rotatable bonds is 4. The highest BCUT2D eigenvalue weighted by Crippen LogP contribution is 2.30. The van der Waals surface area contributed by atoms with Gasteiger partial charge in [-0.15, -0.1) is 0 Å².